The summed E-state index contributed by atoms with van der Waals surface area (Å²) >= 11 is 0. The molecule has 2 aromatic heterocycles. The van der Waals surface area contributed by atoms with E-state index in [0.717, 1.165) is 11.6 Å². The van der Waals surface area contributed by atoms with E-state index in [0.29, 0.717) is 23.4 Å². The van der Waals surface area contributed by atoms with Crippen molar-refractivity contribution < 1.29 is 35.2 Å². The fraction of sp³-hybridized carbons (Fsp3) is 0.250. The molecule has 0 aliphatic carbocycles. The molecular formula is C24H20F5N5O3S. The van der Waals surface area contributed by atoms with E-state index in [1.807, 2.05) is 6.07 Å². The van der Waals surface area contributed by atoms with Crippen molar-refractivity contribution in [2.75, 3.05) is 12.9 Å². The molecule has 3 rings (SSSR count). The van der Waals surface area contributed by atoms with Gasteiger partial charge >= 0.3 is 12.1 Å². The van der Waals surface area contributed by atoms with Crippen molar-refractivity contribution in [3.8, 4) is 17.2 Å². The number of amidine groups is 1. The number of hydrogen-bond acceptors (Lipinski definition) is 7. The second kappa shape index (κ2) is 11.2. The molecule has 2 heterocycles. The molecule has 0 aliphatic heterocycles. The van der Waals surface area contributed by atoms with Crippen molar-refractivity contribution in [2.45, 2.75) is 30.3 Å². The van der Waals surface area contributed by atoms with E-state index >= 15 is 0 Å². The lowest BCUT2D eigenvalue weighted by atomic mass is 10.0. The standard InChI is InChI=1S/C24H20F5N5O3S/c1-3-38(35,36)19-12-17(16-6-4-15(5-7-16)10-11-30)13-32-21(19)22(34-37-2)33-20-9-8-18(14-31-20)23(25,26)24(27,28)29/h4-9,12-14H,3,10H2,1-2H3,(H,31,33,34). The van der Waals surface area contributed by atoms with E-state index in [9.17, 15) is 30.4 Å². The highest BCUT2D eigenvalue weighted by Gasteiger charge is 2.58. The molecule has 0 radical (unpaired) electrons. The first-order valence-corrected chi connectivity index (χ1v) is 12.5. The molecule has 38 heavy (non-hydrogen) atoms. The maximum absolute atomic E-state index is 13.6. The van der Waals surface area contributed by atoms with Crippen molar-refractivity contribution in [2.24, 2.45) is 4.99 Å². The Bertz CT molecular complexity index is 1470. The van der Waals surface area contributed by atoms with Crippen LogP contribution in [0.3, 0.4) is 0 Å². The minimum absolute atomic E-state index is 0.190. The first-order valence-electron chi connectivity index (χ1n) is 10.8. The normalized spacial score (nSPS) is 12.7. The summed E-state index contributed by atoms with van der Waals surface area (Å²) in [5.74, 6) is -6.02. The Morgan fingerprint density at radius 1 is 1.05 bits per heavy atom. The molecule has 0 spiro atoms. The number of benzene rings is 1. The Balaban J connectivity index is 2.10. The smallest absolute Gasteiger partial charge is 0.278 e. The summed E-state index contributed by atoms with van der Waals surface area (Å²) in [7, 11) is -2.71. The fourth-order valence-electron chi connectivity index (χ4n) is 3.22. The number of aliphatic imine (C=N–C) groups is 1. The number of nitrogens with one attached hydrogen (secondary N) is 1. The molecule has 0 unspecified atom stereocenters. The van der Waals surface area contributed by atoms with Crippen molar-refractivity contribution >= 4 is 21.5 Å². The van der Waals surface area contributed by atoms with Crippen LogP contribution in [0.5, 0.6) is 0 Å². The average Bonchev–Trinajstić information content (AvgIpc) is 2.88. The number of nitrogens with zero attached hydrogens (tertiary/aromatic N) is 4. The number of sulfone groups is 1. The van der Waals surface area contributed by atoms with Gasteiger partial charge in [-0.05, 0) is 29.3 Å². The number of pyridine rings is 2. The van der Waals surface area contributed by atoms with Crippen LogP contribution in [-0.2, 0) is 27.0 Å². The average molecular weight is 554 g/mol. The van der Waals surface area contributed by atoms with Gasteiger partial charge in [-0.3, -0.25) is 9.82 Å². The SMILES string of the molecule is CCS(=O)(=O)c1cc(-c2ccc(CC#N)cc2)cnc1C(=Nc1ccc(C(F)(F)C(F)(F)F)cn1)NOC. The molecule has 0 amide bonds. The zero-order valence-corrected chi connectivity index (χ0v) is 20.7. The molecule has 1 N–H and O–H groups in total. The summed E-state index contributed by atoms with van der Waals surface area (Å²) in [6, 6.07) is 11.6. The molecule has 1 aromatic carbocycles. The van der Waals surface area contributed by atoms with Crippen molar-refractivity contribution in [1.82, 2.24) is 15.4 Å². The maximum Gasteiger partial charge on any atom is 0.458 e. The van der Waals surface area contributed by atoms with Crippen LogP contribution in [0.2, 0.25) is 0 Å². The third-order valence-electron chi connectivity index (χ3n) is 5.25. The van der Waals surface area contributed by atoms with Crippen LogP contribution in [0.4, 0.5) is 27.8 Å². The van der Waals surface area contributed by atoms with Gasteiger partial charge in [-0.25, -0.2) is 23.9 Å². The van der Waals surface area contributed by atoms with Crippen molar-refractivity contribution in [3.63, 3.8) is 0 Å². The third kappa shape index (κ3) is 6.12. The molecule has 0 aliphatic rings. The van der Waals surface area contributed by atoms with Gasteiger partial charge in [0.05, 0.1) is 30.2 Å². The van der Waals surface area contributed by atoms with Gasteiger partial charge in [-0.1, -0.05) is 31.2 Å². The van der Waals surface area contributed by atoms with Crippen LogP contribution in [0.25, 0.3) is 11.1 Å². The van der Waals surface area contributed by atoms with E-state index in [2.05, 4.69) is 20.4 Å². The molecule has 0 fully saturated rings. The van der Waals surface area contributed by atoms with Gasteiger partial charge in [0.15, 0.2) is 21.5 Å². The van der Waals surface area contributed by atoms with Crippen LogP contribution in [0.1, 0.15) is 23.7 Å². The highest BCUT2D eigenvalue weighted by Crippen LogP contribution is 2.43. The lowest BCUT2D eigenvalue weighted by Gasteiger charge is -2.19. The summed E-state index contributed by atoms with van der Waals surface area (Å²) in [5.41, 5.74) is 2.62. The van der Waals surface area contributed by atoms with Crippen LogP contribution in [-0.4, -0.2) is 43.3 Å². The number of rotatable bonds is 8. The van der Waals surface area contributed by atoms with E-state index < -0.39 is 27.5 Å². The molecular weight excluding hydrogens is 533 g/mol. The number of hydrogen-bond donors (Lipinski definition) is 1. The second-order valence-corrected chi connectivity index (χ2v) is 10.00. The Morgan fingerprint density at radius 2 is 1.74 bits per heavy atom. The molecule has 0 saturated carbocycles. The lowest BCUT2D eigenvalue weighted by molar-refractivity contribution is -0.289. The number of alkyl halides is 5. The summed E-state index contributed by atoms with van der Waals surface area (Å²) in [5, 5.41) is 8.84. The van der Waals surface area contributed by atoms with Crippen LogP contribution in [0.15, 0.2) is 64.7 Å². The van der Waals surface area contributed by atoms with Crippen LogP contribution < -0.4 is 5.48 Å². The van der Waals surface area contributed by atoms with Gasteiger partial charge in [-0.2, -0.15) is 27.2 Å². The number of halogens is 5. The number of aromatic nitrogens is 2. The molecule has 14 heteroatoms. The number of hydroxylamine groups is 1. The molecule has 8 nitrogen and oxygen atoms in total. The Labute approximate surface area is 214 Å². The Morgan fingerprint density at radius 3 is 2.26 bits per heavy atom. The quantitative estimate of drug-likeness (QED) is 0.183. The van der Waals surface area contributed by atoms with Gasteiger partial charge in [0.2, 0.25) is 0 Å². The van der Waals surface area contributed by atoms with Gasteiger partial charge in [0.1, 0.15) is 5.69 Å². The Hall–Kier alpha value is -3.96. The predicted molar refractivity (Wildman–Crippen MR) is 127 cm³/mol. The minimum atomic E-state index is -5.81. The largest absolute Gasteiger partial charge is 0.458 e. The molecule has 3 aromatic rings. The predicted octanol–water partition coefficient (Wildman–Crippen LogP) is 4.89. The summed E-state index contributed by atoms with van der Waals surface area (Å²) in [4.78, 5) is 16.4. The molecule has 0 saturated heterocycles. The third-order valence-corrected chi connectivity index (χ3v) is 7.00. The van der Waals surface area contributed by atoms with Crippen LogP contribution in [0, 0.1) is 11.3 Å². The topological polar surface area (TPSA) is 117 Å². The monoisotopic (exact) mass is 553 g/mol. The summed E-state index contributed by atoms with van der Waals surface area (Å²) < 4.78 is 91.0. The van der Waals surface area contributed by atoms with E-state index in [1.54, 1.807) is 24.3 Å². The van der Waals surface area contributed by atoms with E-state index in [-0.39, 0.29) is 34.4 Å². The van der Waals surface area contributed by atoms with Crippen LogP contribution >= 0.6 is 0 Å². The van der Waals surface area contributed by atoms with Gasteiger partial charge < -0.3 is 0 Å². The number of nitriles is 1. The van der Waals surface area contributed by atoms with Gasteiger partial charge in [0, 0.05) is 23.5 Å². The first kappa shape index (κ1) is 28.6. The van der Waals surface area contributed by atoms with Crippen molar-refractivity contribution in [1.29, 1.82) is 5.26 Å². The highest BCUT2D eigenvalue weighted by atomic mass is 32.2. The van der Waals surface area contributed by atoms with Crippen molar-refractivity contribution in [3.05, 3.63) is 71.7 Å². The van der Waals surface area contributed by atoms with Gasteiger partial charge in [0.25, 0.3) is 0 Å². The van der Waals surface area contributed by atoms with E-state index in [1.165, 1.54) is 26.3 Å². The minimum Gasteiger partial charge on any atom is -0.278 e. The Kier molecular flexibility index (Phi) is 8.43. The molecule has 0 atom stereocenters. The molecule has 200 valence electrons. The lowest BCUT2D eigenvalue weighted by Crippen LogP contribution is -2.33. The summed E-state index contributed by atoms with van der Waals surface area (Å²) in [6.45, 7) is 1.42. The zero-order chi connectivity index (χ0) is 28.1. The second-order valence-electron chi connectivity index (χ2n) is 7.75. The van der Waals surface area contributed by atoms with E-state index in [4.69, 9.17) is 10.1 Å². The highest BCUT2D eigenvalue weighted by molar-refractivity contribution is 7.91. The molecule has 0 bridgehead atoms. The first-order chi connectivity index (χ1) is 17.8. The zero-order valence-electron chi connectivity index (χ0n) is 19.9. The van der Waals surface area contributed by atoms with Gasteiger partial charge in [-0.15, -0.1) is 0 Å². The maximum atomic E-state index is 13.6. The fourth-order valence-corrected chi connectivity index (χ4v) is 4.28. The summed E-state index contributed by atoms with van der Waals surface area (Å²) in [6.07, 6.45) is -3.91.